The van der Waals surface area contributed by atoms with E-state index in [1.807, 2.05) is 42.5 Å². The smallest absolute Gasteiger partial charge is 0.408 e. The maximum absolute atomic E-state index is 11.6. The van der Waals surface area contributed by atoms with E-state index >= 15 is 0 Å². The Hall–Kier alpha value is -2.56. The Labute approximate surface area is 136 Å². The van der Waals surface area contributed by atoms with Crippen LogP contribution in [-0.2, 0) is 9.53 Å². The molecule has 1 rings (SSSR count). The number of hydrogen-bond acceptors (Lipinski definition) is 3. The number of nitrogens with one attached hydrogen (secondary N) is 1. The fourth-order valence-electron chi connectivity index (χ4n) is 1.70. The number of alkyl carbamates (subject to hydrolysis) is 1. The Balaban J connectivity index is 2.50. The number of carbonyl (C=O) groups excluding carboxylic acids is 1. The average molecular weight is 317 g/mol. The molecular formula is C18H23NO4. The number of aliphatic carboxylic acids is 1. The minimum absolute atomic E-state index is 0.174. The summed E-state index contributed by atoms with van der Waals surface area (Å²) >= 11 is 0. The zero-order valence-corrected chi connectivity index (χ0v) is 13.7. The van der Waals surface area contributed by atoms with Gasteiger partial charge in [0, 0.05) is 0 Å². The van der Waals surface area contributed by atoms with Crippen LogP contribution >= 0.6 is 0 Å². The van der Waals surface area contributed by atoms with Crippen LogP contribution in [0.15, 0.2) is 48.6 Å². The van der Waals surface area contributed by atoms with Gasteiger partial charge in [-0.3, -0.25) is 0 Å². The first kappa shape index (κ1) is 18.5. The lowest BCUT2D eigenvalue weighted by Crippen LogP contribution is -2.43. The summed E-state index contributed by atoms with van der Waals surface area (Å²) < 4.78 is 5.05. The zero-order chi connectivity index (χ0) is 17.3. The predicted octanol–water partition coefficient (Wildman–Crippen LogP) is 3.62. The third-order valence-corrected chi connectivity index (χ3v) is 2.70. The Morgan fingerprint density at radius 3 is 2.43 bits per heavy atom. The van der Waals surface area contributed by atoms with E-state index in [1.54, 1.807) is 32.9 Å². The molecule has 0 heterocycles. The Bertz CT molecular complexity index is 570. The van der Waals surface area contributed by atoms with Crippen molar-refractivity contribution in [3.8, 4) is 0 Å². The summed E-state index contributed by atoms with van der Waals surface area (Å²) in [5, 5.41) is 11.5. The topological polar surface area (TPSA) is 75.6 Å². The summed E-state index contributed by atoms with van der Waals surface area (Å²) in [6.45, 7) is 5.16. The molecule has 5 nitrogen and oxygen atoms in total. The van der Waals surface area contributed by atoms with Crippen molar-refractivity contribution in [3.63, 3.8) is 0 Å². The van der Waals surface area contributed by atoms with Gasteiger partial charge in [-0.15, -0.1) is 0 Å². The van der Waals surface area contributed by atoms with E-state index in [0.717, 1.165) is 5.56 Å². The van der Waals surface area contributed by atoms with Crippen LogP contribution in [0.1, 0.15) is 32.8 Å². The molecule has 0 unspecified atom stereocenters. The molecule has 0 aliphatic heterocycles. The van der Waals surface area contributed by atoms with Crippen LogP contribution in [0.25, 0.3) is 6.08 Å². The molecule has 0 fully saturated rings. The lowest BCUT2D eigenvalue weighted by atomic mass is 10.2. The molecule has 0 aliphatic carbocycles. The van der Waals surface area contributed by atoms with Crippen molar-refractivity contribution in [1.82, 2.24) is 5.32 Å². The number of carboxylic acids is 1. The van der Waals surface area contributed by atoms with Gasteiger partial charge in [0.1, 0.15) is 11.6 Å². The highest BCUT2D eigenvalue weighted by molar-refractivity contribution is 5.80. The van der Waals surface area contributed by atoms with Crippen molar-refractivity contribution >= 4 is 18.1 Å². The molecule has 0 aromatic heterocycles. The lowest BCUT2D eigenvalue weighted by molar-refractivity contribution is -0.139. The summed E-state index contributed by atoms with van der Waals surface area (Å²) in [6.07, 6.45) is 6.61. The first-order chi connectivity index (χ1) is 10.8. The Morgan fingerprint density at radius 1 is 1.22 bits per heavy atom. The molecule has 0 saturated heterocycles. The lowest BCUT2D eigenvalue weighted by Gasteiger charge is -2.21. The van der Waals surface area contributed by atoms with E-state index in [2.05, 4.69) is 5.32 Å². The summed E-state index contributed by atoms with van der Waals surface area (Å²) in [5.74, 6) is -1.10. The molecule has 0 bridgehead atoms. The second-order valence-corrected chi connectivity index (χ2v) is 5.97. The number of benzene rings is 1. The molecule has 23 heavy (non-hydrogen) atoms. The predicted molar refractivity (Wildman–Crippen MR) is 90.0 cm³/mol. The maximum atomic E-state index is 11.6. The van der Waals surface area contributed by atoms with Crippen LogP contribution in [0.2, 0.25) is 0 Å². The monoisotopic (exact) mass is 317 g/mol. The number of carboxylic acid groups (broad SMARTS) is 1. The molecule has 0 spiro atoms. The van der Waals surface area contributed by atoms with E-state index in [4.69, 9.17) is 9.84 Å². The summed E-state index contributed by atoms with van der Waals surface area (Å²) in [6, 6.07) is 8.73. The molecule has 5 heteroatoms. The number of allylic oxidation sites excluding steroid dienone is 2. The summed E-state index contributed by atoms with van der Waals surface area (Å²) in [7, 11) is 0. The van der Waals surface area contributed by atoms with Gasteiger partial charge in [-0.05, 0) is 32.8 Å². The fourth-order valence-corrected chi connectivity index (χ4v) is 1.70. The van der Waals surface area contributed by atoms with Crippen molar-refractivity contribution in [2.24, 2.45) is 0 Å². The molecule has 1 amide bonds. The highest BCUT2D eigenvalue weighted by Crippen LogP contribution is 2.07. The Kier molecular flexibility index (Phi) is 7.06. The highest BCUT2D eigenvalue weighted by Gasteiger charge is 2.22. The standard InChI is InChI=1S/C18H23NO4/c1-18(2,3)23-17(22)19-15(16(20)21)13-9-5-8-12-14-10-6-4-7-11-14/h4-12,15H,13H2,1-3H3,(H,19,22)(H,20,21)/t15-/m0/s1. The van der Waals surface area contributed by atoms with Gasteiger partial charge in [0.05, 0.1) is 0 Å². The molecular weight excluding hydrogens is 294 g/mol. The van der Waals surface area contributed by atoms with Crippen molar-refractivity contribution < 1.29 is 19.4 Å². The first-order valence-electron chi connectivity index (χ1n) is 7.38. The molecule has 1 aromatic rings. The third-order valence-electron chi connectivity index (χ3n) is 2.70. The van der Waals surface area contributed by atoms with Gasteiger partial charge in [-0.2, -0.15) is 0 Å². The van der Waals surface area contributed by atoms with Gasteiger partial charge in [-0.25, -0.2) is 9.59 Å². The number of rotatable bonds is 6. The van der Waals surface area contributed by atoms with Crippen molar-refractivity contribution in [2.45, 2.75) is 38.8 Å². The van der Waals surface area contributed by atoms with Crippen LogP contribution < -0.4 is 5.32 Å². The molecule has 1 aromatic carbocycles. The van der Waals surface area contributed by atoms with E-state index in [0.29, 0.717) is 0 Å². The minimum atomic E-state index is -1.10. The maximum Gasteiger partial charge on any atom is 0.408 e. The van der Waals surface area contributed by atoms with E-state index in [9.17, 15) is 9.59 Å². The minimum Gasteiger partial charge on any atom is -0.480 e. The van der Waals surface area contributed by atoms with E-state index in [1.165, 1.54) is 0 Å². The van der Waals surface area contributed by atoms with Crippen LogP contribution in [0, 0.1) is 0 Å². The normalized spacial score (nSPS) is 13.2. The van der Waals surface area contributed by atoms with Crippen LogP contribution in [0.4, 0.5) is 4.79 Å². The largest absolute Gasteiger partial charge is 0.480 e. The Morgan fingerprint density at radius 2 is 1.87 bits per heavy atom. The quantitative estimate of drug-likeness (QED) is 0.786. The fraction of sp³-hybridized carbons (Fsp3) is 0.333. The number of carbonyl (C=O) groups is 2. The molecule has 0 radical (unpaired) electrons. The van der Waals surface area contributed by atoms with Crippen LogP contribution in [0.3, 0.4) is 0 Å². The number of hydrogen-bond donors (Lipinski definition) is 2. The number of ether oxygens (including phenoxy) is 1. The van der Waals surface area contributed by atoms with Crippen molar-refractivity contribution in [3.05, 3.63) is 54.1 Å². The van der Waals surface area contributed by atoms with Gasteiger partial charge in [0.25, 0.3) is 0 Å². The molecule has 124 valence electrons. The SMILES string of the molecule is CC(C)(C)OC(=O)N[C@@H](CC=CC=Cc1ccccc1)C(=O)O. The third kappa shape index (κ3) is 8.46. The molecule has 2 N–H and O–H groups in total. The van der Waals surface area contributed by atoms with E-state index < -0.39 is 23.7 Å². The van der Waals surface area contributed by atoms with E-state index in [-0.39, 0.29) is 6.42 Å². The molecule has 0 aliphatic rings. The molecule has 0 saturated carbocycles. The van der Waals surface area contributed by atoms with Gasteiger partial charge in [-0.1, -0.05) is 54.6 Å². The second kappa shape index (κ2) is 8.78. The van der Waals surface area contributed by atoms with Crippen molar-refractivity contribution in [1.29, 1.82) is 0 Å². The second-order valence-electron chi connectivity index (χ2n) is 5.97. The van der Waals surface area contributed by atoms with Gasteiger partial charge >= 0.3 is 12.1 Å². The zero-order valence-electron chi connectivity index (χ0n) is 13.7. The molecule has 1 atom stereocenters. The van der Waals surface area contributed by atoms with Crippen molar-refractivity contribution in [2.75, 3.05) is 0 Å². The van der Waals surface area contributed by atoms with Gasteiger partial charge in [0.2, 0.25) is 0 Å². The summed E-state index contributed by atoms with van der Waals surface area (Å²) in [5.41, 5.74) is 0.389. The first-order valence-corrected chi connectivity index (χ1v) is 7.38. The highest BCUT2D eigenvalue weighted by atomic mass is 16.6. The van der Waals surface area contributed by atoms with Gasteiger partial charge < -0.3 is 15.2 Å². The average Bonchev–Trinajstić information content (AvgIpc) is 2.44. The van der Waals surface area contributed by atoms with Crippen LogP contribution in [-0.4, -0.2) is 28.8 Å². The van der Waals surface area contributed by atoms with Crippen LogP contribution in [0.5, 0.6) is 0 Å². The number of amides is 1. The summed E-state index contributed by atoms with van der Waals surface area (Å²) in [4.78, 5) is 22.8. The van der Waals surface area contributed by atoms with Gasteiger partial charge in [0.15, 0.2) is 0 Å².